The molecule has 0 saturated carbocycles. The van der Waals surface area contributed by atoms with E-state index >= 15 is 0 Å². The Morgan fingerprint density at radius 3 is 2.77 bits per heavy atom. The van der Waals surface area contributed by atoms with Gasteiger partial charge in [0, 0.05) is 37.1 Å². The SMILES string of the molecule is O=C(Cc1ccccn1)N1CCCC(c2noc(-c3ccccn3)n2)C1. The maximum absolute atomic E-state index is 12.6. The molecular formula is C19H19N5O2. The number of hydrogen-bond acceptors (Lipinski definition) is 6. The number of hydrogen-bond donors (Lipinski definition) is 0. The lowest BCUT2D eigenvalue weighted by Gasteiger charge is -2.31. The topological polar surface area (TPSA) is 85.0 Å². The van der Waals surface area contributed by atoms with Gasteiger partial charge in [-0.3, -0.25) is 14.8 Å². The lowest BCUT2D eigenvalue weighted by atomic mass is 9.97. The van der Waals surface area contributed by atoms with Crippen molar-refractivity contribution >= 4 is 5.91 Å². The number of likely N-dealkylation sites (tertiary alicyclic amines) is 1. The molecule has 1 fully saturated rings. The van der Waals surface area contributed by atoms with Crippen molar-refractivity contribution in [2.24, 2.45) is 0 Å². The molecule has 7 heteroatoms. The first-order valence-corrected chi connectivity index (χ1v) is 8.72. The zero-order chi connectivity index (χ0) is 17.8. The highest BCUT2D eigenvalue weighted by Crippen LogP contribution is 2.27. The third-order valence-corrected chi connectivity index (χ3v) is 4.52. The fourth-order valence-corrected chi connectivity index (χ4v) is 3.18. The van der Waals surface area contributed by atoms with Crippen LogP contribution in [0.15, 0.2) is 53.3 Å². The predicted octanol–water partition coefficient (Wildman–Crippen LogP) is 2.48. The number of pyridine rings is 2. The quantitative estimate of drug-likeness (QED) is 0.719. The third-order valence-electron chi connectivity index (χ3n) is 4.52. The van der Waals surface area contributed by atoms with Crippen LogP contribution in [-0.2, 0) is 11.2 Å². The van der Waals surface area contributed by atoms with E-state index in [0.717, 1.165) is 25.1 Å². The molecule has 4 rings (SSSR count). The number of amides is 1. The molecule has 1 atom stereocenters. The molecule has 3 aromatic rings. The van der Waals surface area contributed by atoms with E-state index in [1.807, 2.05) is 41.3 Å². The van der Waals surface area contributed by atoms with Gasteiger partial charge >= 0.3 is 0 Å². The van der Waals surface area contributed by atoms with E-state index in [4.69, 9.17) is 4.52 Å². The van der Waals surface area contributed by atoms with Crippen LogP contribution in [0.3, 0.4) is 0 Å². The van der Waals surface area contributed by atoms with Crippen molar-refractivity contribution in [2.75, 3.05) is 13.1 Å². The van der Waals surface area contributed by atoms with Gasteiger partial charge in [0.15, 0.2) is 5.82 Å². The summed E-state index contributed by atoms with van der Waals surface area (Å²) in [5.74, 6) is 1.22. The zero-order valence-electron chi connectivity index (χ0n) is 14.3. The number of aromatic nitrogens is 4. The molecule has 4 heterocycles. The molecule has 0 N–H and O–H groups in total. The molecule has 0 aromatic carbocycles. The molecule has 1 aliphatic heterocycles. The number of piperidine rings is 1. The Balaban J connectivity index is 1.44. The van der Waals surface area contributed by atoms with Crippen LogP contribution in [0.2, 0.25) is 0 Å². The van der Waals surface area contributed by atoms with Gasteiger partial charge in [0.1, 0.15) is 5.69 Å². The minimum atomic E-state index is 0.0812. The van der Waals surface area contributed by atoms with Crippen molar-refractivity contribution in [3.8, 4) is 11.6 Å². The van der Waals surface area contributed by atoms with Crippen molar-refractivity contribution in [2.45, 2.75) is 25.2 Å². The van der Waals surface area contributed by atoms with Crippen LogP contribution in [0.5, 0.6) is 0 Å². The summed E-state index contributed by atoms with van der Waals surface area (Å²) in [6, 6.07) is 11.2. The van der Waals surface area contributed by atoms with Crippen molar-refractivity contribution < 1.29 is 9.32 Å². The highest BCUT2D eigenvalue weighted by atomic mass is 16.5. The van der Waals surface area contributed by atoms with Crippen LogP contribution in [0, 0.1) is 0 Å². The lowest BCUT2D eigenvalue weighted by molar-refractivity contribution is -0.131. The van der Waals surface area contributed by atoms with Crippen molar-refractivity contribution in [1.82, 2.24) is 25.0 Å². The molecule has 3 aromatic heterocycles. The summed E-state index contributed by atoms with van der Waals surface area (Å²) < 4.78 is 5.36. The van der Waals surface area contributed by atoms with Gasteiger partial charge in [-0.2, -0.15) is 4.98 Å². The van der Waals surface area contributed by atoms with Gasteiger partial charge in [0.05, 0.1) is 6.42 Å². The summed E-state index contributed by atoms with van der Waals surface area (Å²) >= 11 is 0. The minimum Gasteiger partial charge on any atom is -0.342 e. The maximum atomic E-state index is 12.6. The number of nitrogens with zero attached hydrogens (tertiary/aromatic N) is 5. The maximum Gasteiger partial charge on any atom is 0.276 e. The average Bonchev–Trinajstić information content (AvgIpc) is 3.20. The minimum absolute atomic E-state index is 0.0812. The fraction of sp³-hybridized carbons (Fsp3) is 0.316. The summed E-state index contributed by atoms with van der Waals surface area (Å²) in [5, 5.41) is 4.12. The van der Waals surface area contributed by atoms with Crippen LogP contribution in [0.1, 0.15) is 30.3 Å². The second kappa shape index (κ2) is 7.43. The molecule has 0 aliphatic carbocycles. The van der Waals surface area contributed by atoms with Crippen molar-refractivity contribution in [3.05, 3.63) is 60.3 Å². The van der Waals surface area contributed by atoms with Gasteiger partial charge in [0.2, 0.25) is 5.91 Å². The second-order valence-corrected chi connectivity index (χ2v) is 6.35. The highest BCUT2D eigenvalue weighted by molar-refractivity contribution is 5.78. The smallest absolute Gasteiger partial charge is 0.276 e. The molecule has 7 nitrogen and oxygen atoms in total. The molecular weight excluding hydrogens is 330 g/mol. The largest absolute Gasteiger partial charge is 0.342 e. The summed E-state index contributed by atoms with van der Waals surface area (Å²) in [7, 11) is 0. The summed E-state index contributed by atoms with van der Waals surface area (Å²) in [5.41, 5.74) is 1.45. The molecule has 1 unspecified atom stereocenters. The van der Waals surface area contributed by atoms with E-state index in [0.29, 0.717) is 30.4 Å². The molecule has 0 bridgehead atoms. The van der Waals surface area contributed by atoms with Gasteiger partial charge < -0.3 is 9.42 Å². The van der Waals surface area contributed by atoms with Crippen LogP contribution < -0.4 is 0 Å². The Morgan fingerprint density at radius 1 is 1.15 bits per heavy atom. The van der Waals surface area contributed by atoms with E-state index < -0.39 is 0 Å². The van der Waals surface area contributed by atoms with Gasteiger partial charge in [-0.05, 0) is 37.1 Å². The lowest BCUT2D eigenvalue weighted by Crippen LogP contribution is -2.40. The summed E-state index contributed by atoms with van der Waals surface area (Å²) in [6.07, 6.45) is 5.58. The van der Waals surface area contributed by atoms with Gasteiger partial charge in [-0.25, -0.2) is 0 Å². The monoisotopic (exact) mass is 349 g/mol. The van der Waals surface area contributed by atoms with Crippen molar-refractivity contribution in [3.63, 3.8) is 0 Å². The van der Waals surface area contributed by atoms with Crippen LogP contribution in [-0.4, -0.2) is 44.0 Å². The summed E-state index contributed by atoms with van der Waals surface area (Å²) in [4.78, 5) is 27.4. The fourth-order valence-electron chi connectivity index (χ4n) is 3.18. The van der Waals surface area contributed by atoms with E-state index in [9.17, 15) is 4.79 Å². The van der Waals surface area contributed by atoms with Crippen molar-refractivity contribution in [1.29, 1.82) is 0 Å². The molecule has 132 valence electrons. The molecule has 1 aliphatic rings. The predicted molar refractivity (Wildman–Crippen MR) is 94.0 cm³/mol. The number of rotatable bonds is 4. The molecule has 0 spiro atoms. The normalized spacial score (nSPS) is 17.2. The van der Waals surface area contributed by atoms with Gasteiger partial charge in [0.25, 0.3) is 5.89 Å². The Hall–Kier alpha value is -3.09. The van der Waals surface area contributed by atoms with E-state index in [1.54, 1.807) is 12.4 Å². The van der Waals surface area contributed by atoms with Gasteiger partial charge in [-0.1, -0.05) is 17.3 Å². The second-order valence-electron chi connectivity index (χ2n) is 6.35. The number of carbonyl (C=O) groups is 1. The zero-order valence-corrected chi connectivity index (χ0v) is 14.3. The number of carbonyl (C=O) groups excluding carboxylic acids is 1. The van der Waals surface area contributed by atoms with E-state index in [-0.39, 0.29) is 11.8 Å². The Labute approximate surface area is 151 Å². The molecule has 0 radical (unpaired) electrons. The first kappa shape index (κ1) is 16.4. The summed E-state index contributed by atoms with van der Waals surface area (Å²) in [6.45, 7) is 1.36. The highest BCUT2D eigenvalue weighted by Gasteiger charge is 2.28. The standard InChI is InChI=1S/C19H19N5O2/c25-17(12-15-7-1-3-9-20-15)24-11-5-6-14(13-24)18-22-19(26-23-18)16-8-2-4-10-21-16/h1-4,7-10,14H,5-6,11-13H2. The van der Waals surface area contributed by atoms with Crippen LogP contribution in [0.25, 0.3) is 11.6 Å². The van der Waals surface area contributed by atoms with Gasteiger partial charge in [-0.15, -0.1) is 0 Å². The van der Waals surface area contributed by atoms with Crippen LogP contribution >= 0.6 is 0 Å². The molecule has 1 amide bonds. The van der Waals surface area contributed by atoms with Crippen LogP contribution in [0.4, 0.5) is 0 Å². The molecule has 26 heavy (non-hydrogen) atoms. The third kappa shape index (κ3) is 3.61. The Morgan fingerprint density at radius 2 is 2.00 bits per heavy atom. The van der Waals surface area contributed by atoms with E-state index in [1.165, 1.54) is 0 Å². The first-order chi connectivity index (χ1) is 12.8. The van der Waals surface area contributed by atoms with E-state index in [2.05, 4.69) is 20.1 Å². The Bertz CT molecular complexity index is 866. The Kier molecular flexibility index (Phi) is 4.68. The molecule has 1 saturated heterocycles. The average molecular weight is 349 g/mol. The first-order valence-electron chi connectivity index (χ1n) is 8.72.